The Balaban J connectivity index is 1.45. The van der Waals surface area contributed by atoms with Crippen molar-refractivity contribution in [2.75, 3.05) is 16.0 Å². The number of hydrogen-bond donors (Lipinski definition) is 1. The summed E-state index contributed by atoms with van der Waals surface area (Å²) in [7, 11) is 0. The molecule has 0 saturated carbocycles. The monoisotopic (exact) mass is 460 g/mol. The standard InChI is InChI=1S/C26H18F2N2O2S/c27-18-11-12-22(28)23(14-18)30-24(31)15-33-26(30)17-7-3-8-19(13-17)29-25(32)21-10-4-6-16-5-1-2-9-20(16)21/h1-14,26H,15H2,(H,29,32). The number of thioether (sulfide) groups is 1. The maximum Gasteiger partial charge on any atom is 0.256 e. The van der Waals surface area contributed by atoms with Crippen LogP contribution in [0.2, 0.25) is 0 Å². The van der Waals surface area contributed by atoms with E-state index in [1.54, 1.807) is 30.3 Å². The van der Waals surface area contributed by atoms with Crippen LogP contribution in [-0.4, -0.2) is 17.6 Å². The Hall–Kier alpha value is -3.71. The van der Waals surface area contributed by atoms with Gasteiger partial charge in [-0.3, -0.25) is 14.5 Å². The van der Waals surface area contributed by atoms with Crippen molar-refractivity contribution in [1.82, 2.24) is 0 Å². The number of halogens is 2. The lowest BCUT2D eigenvalue weighted by Gasteiger charge is -2.25. The van der Waals surface area contributed by atoms with Crippen molar-refractivity contribution in [2.45, 2.75) is 5.37 Å². The highest BCUT2D eigenvalue weighted by Crippen LogP contribution is 2.43. The van der Waals surface area contributed by atoms with Crippen LogP contribution in [0.4, 0.5) is 20.2 Å². The van der Waals surface area contributed by atoms with E-state index in [1.807, 2.05) is 36.4 Å². The summed E-state index contributed by atoms with van der Waals surface area (Å²) in [5, 5.41) is 4.19. The number of carbonyl (C=O) groups is 2. The third-order valence-corrected chi connectivity index (χ3v) is 6.71. The molecule has 0 aromatic heterocycles. The van der Waals surface area contributed by atoms with Crippen molar-refractivity contribution in [3.05, 3.63) is 108 Å². The van der Waals surface area contributed by atoms with E-state index in [0.29, 0.717) is 16.8 Å². The van der Waals surface area contributed by atoms with E-state index in [1.165, 1.54) is 16.7 Å². The van der Waals surface area contributed by atoms with E-state index >= 15 is 0 Å². The Bertz CT molecular complexity index is 1390. The zero-order valence-corrected chi connectivity index (χ0v) is 18.1. The van der Waals surface area contributed by atoms with Crippen molar-refractivity contribution in [3.63, 3.8) is 0 Å². The fourth-order valence-electron chi connectivity index (χ4n) is 3.99. The molecular formula is C26H18F2N2O2S. The van der Waals surface area contributed by atoms with Crippen molar-refractivity contribution in [2.24, 2.45) is 0 Å². The first-order valence-corrected chi connectivity index (χ1v) is 11.3. The maximum atomic E-state index is 14.4. The van der Waals surface area contributed by atoms with Gasteiger partial charge in [0, 0.05) is 17.3 Å². The van der Waals surface area contributed by atoms with E-state index in [4.69, 9.17) is 0 Å². The van der Waals surface area contributed by atoms with E-state index in [-0.39, 0.29) is 23.3 Å². The van der Waals surface area contributed by atoms with Crippen LogP contribution in [0, 0.1) is 11.6 Å². The minimum Gasteiger partial charge on any atom is -0.322 e. The molecule has 33 heavy (non-hydrogen) atoms. The Kier molecular flexibility index (Phi) is 5.56. The van der Waals surface area contributed by atoms with Crippen molar-refractivity contribution in [1.29, 1.82) is 0 Å². The largest absolute Gasteiger partial charge is 0.322 e. The predicted octanol–water partition coefficient (Wildman–Crippen LogP) is 6.15. The summed E-state index contributed by atoms with van der Waals surface area (Å²) >= 11 is 1.32. The second-order valence-corrected chi connectivity index (χ2v) is 8.70. The molecule has 1 N–H and O–H groups in total. The van der Waals surface area contributed by atoms with Crippen molar-refractivity contribution >= 4 is 45.7 Å². The van der Waals surface area contributed by atoms with Crippen LogP contribution in [0.5, 0.6) is 0 Å². The van der Waals surface area contributed by atoms with Gasteiger partial charge in [0.1, 0.15) is 17.0 Å². The lowest BCUT2D eigenvalue weighted by atomic mass is 10.0. The van der Waals surface area contributed by atoms with Gasteiger partial charge in [-0.2, -0.15) is 0 Å². The number of benzene rings is 4. The fourth-order valence-corrected chi connectivity index (χ4v) is 5.15. The summed E-state index contributed by atoms with van der Waals surface area (Å²) in [6.45, 7) is 0. The van der Waals surface area contributed by atoms with Gasteiger partial charge in [-0.25, -0.2) is 8.78 Å². The highest BCUT2D eigenvalue weighted by Gasteiger charge is 2.36. The molecule has 164 valence electrons. The topological polar surface area (TPSA) is 49.4 Å². The van der Waals surface area contributed by atoms with Gasteiger partial charge in [0.25, 0.3) is 5.91 Å². The molecule has 1 atom stereocenters. The van der Waals surface area contributed by atoms with Crippen LogP contribution in [0.25, 0.3) is 10.8 Å². The summed E-state index contributed by atoms with van der Waals surface area (Å²) < 4.78 is 28.2. The van der Waals surface area contributed by atoms with E-state index in [0.717, 1.165) is 29.0 Å². The molecule has 1 heterocycles. The number of nitrogens with one attached hydrogen (secondary N) is 1. The number of rotatable bonds is 4. The second kappa shape index (κ2) is 8.67. The van der Waals surface area contributed by atoms with Crippen LogP contribution in [-0.2, 0) is 4.79 Å². The van der Waals surface area contributed by atoms with E-state index in [2.05, 4.69) is 5.32 Å². The summed E-state index contributed by atoms with van der Waals surface area (Å²) in [4.78, 5) is 26.8. The highest BCUT2D eigenvalue weighted by molar-refractivity contribution is 8.00. The van der Waals surface area contributed by atoms with Gasteiger partial charge in [-0.1, -0.05) is 48.5 Å². The van der Waals surface area contributed by atoms with Crippen LogP contribution >= 0.6 is 11.8 Å². The summed E-state index contributed by atoms with van der Waals surface area (Å²) in [5.74, 6) is -1.71. The highest BCUT2D eigenvalue weighted by atomic mass is 32.2. The first kappa shape index (κ1) is 21.2. The molecule has 2 amide bonds. The third-order valence-electron chi connectivity index (χ3n) is 5.50. The average molecular weight is 461 g/mol. The molecule has 1 unspecified atom stereocenters. The number of nitrogens with zero attached hydrogens (tertiary/aromatic N) is 1. The van der Waals surface area contributed by atoms with E-state index in [9.17, 15) is 18.4 Å². The van der Waals surface area contributed by atoms with Crippen LogP contribution in [0.3, 0.4) is 0 Å². The first-order valence-electron chi connectivity index (χ1n) is 10.3. The van der Waals surface area contributed by atoms with E-state index < -0.39 is 17.0 Å². The Morgan fingerprint density at radius 1 is 0.939 bits per heavy atom. The fraction of sp³-hybridized carbons (Fsp3) is 0.0769. The summed E-state index contributed by atoms with van der Waals surface area (Å²) in [6, 6.07) is 23.3. The summed E-state index contributed by atoms with van der Waals surface area (Å²) in [5.41, 5.74) is 1.70. The van der Waals surface area contributed by atoms with Crippen LogP contribution < -0.4 is 10.2 Å². The molecule has 0 spiro atoms. The smallest absolute Gasteiger partial charge is 0.256 e. The van der Waals surface area contributed by atoms with Crippen LogP contribution in [0.1, 0.15) is 21.3 Å². The van der Waals surface area contributed by atoms with Gasteiger partial charge in [-0.15, -0.1) is 11.8 Å². The van der Waals surface area contributed by atoms with Gasteiger partial charge in [-0.05, 0) is 46.7 Å². The zero-order valence-electron chi connectivity index (χ0n) is 17.3. The number of hydrogen-bond acceptors (Lipinski definition) is 3. The van der Waals surface area contributed by atoms with Gasteiger partial charge in [0.2, 0.25) is 5.91 Å². The quantitative estimate of drug-likeness (QED) is 0.397. The zero-order chi connectivity index (χ0) is 22.9. The Morgan fingerprint density at radius 2 is 1.73 bits per heavy atom. The number of fused-ring (bicyclic) bond motifs is 1. The van der Waals surface area contributed by atoms with Gasteiger partial charge < -0.3 is 5.32 Å². The normalized spacial score (nSPS) is 15.8. The molecule has 1 aliphatic heterocycles. The molecule has 4 aromatic carbocycles. The molecule has 1 aliphatic rings. The molecule has 4 aromatic rings. The number of carbonyl (C=O) groups excluding carboxylic acids is 2. The molecule has 0 aliphatic carbocycles. The lowest BCUT2D eigenvalue weighted by molar-refractivity contribution is -0.115. The lowest BCUT2D eigenvalue weighted by Crippen LogP contribution is -2.28. The number of anilines is 2. The molecule has 0 radical (unpaired) electrons. The minimum atomic E-state index is -0.669. The van der Waals surface area contributed by atoms with Gasteiger partial charge in [0.15, 0.2) is 0 Å². The van der Waals surface area contributed by atoms with Gasteiger partial charge in [0.05, 0.1) is 11.4 Å². The molecule has 5 rings (SSSR count). The molecule has 1 saturated heterocycles. The maximum absolute atomic E-state index is 14.4. The molecule has 4 nitrogen and oxygen atoms in total. The van der Waals surface area contributed by atoms with Crippen LogP contribution in [0.15, 0.2) is 84.9 Å². The van der Waals surface area contributed by atoms with Crippen molar-refractivity contribution in [3.8, 4) is 0 Å². The third kappa shape index (κ3) is 4.07. The van der Waals surface area contributed by atoms with Crippen molar-refractivity contribution < 1.29 is 18.4 Å². The summed E-state index contributed by atoms with van der Waals surface area (Å²) in [6.07, 6.45) is 0. The SMILES string of the molecule is O=C(Nc1cccc(C2SCC(=O)N2c2cc(F)ccc2F)c1)c1cccc2ccccc12. The average Bonchev–Trinajstić information content (AvgIpc) is 3.21. The van der Waals surface area contributed by atoms with Gasteiger partial charge >= 0.3 is 0 Å². The minimum absolute atomic E-state index is 0.0970. The Morgan fingerprint density at radius 3 is 2.61 bits per heavy atom. The number of amides is 2. The first-order chi connectivity index (χ1) is 16.0. The molecular weight excluding hydrogens is 442 g/mol. The molecule has 1 fully saturated rings. The molecule has 0 bridgehead atoms. The Labute approximate surface area is 193 Å². The predicted molar refractivity (Wildman–Crippen MR) is 127 cm³/mol. The molecule has 7 heteroatoms. The second-order valence-electron chi connectivity index (χ2n) is 7.63.